The van der Waals surface area contributed by atoms with Crippen molar-refractivity contribution >= 4 is 40.9 Å². The van der Waals surface area contributed by atoms with Gasteiger partial charge in [0, 0.05) is 62.1 Å². The van der Waals surface area contributed by atoms with Crippen LogP contribution in [0, 0.1) is 12.8 Å². The van der Waals surface area contributed by atoms with E-state index in [4.69, 9.17) is 14.7 Å². The van der Waals surface area contributed by atoms with Gasteiger partial charge in [-0.2, -0.15) is 5.10 Å². The zero-order valence-electron chi connectivity index (χ0n) is 21.3. The van der Waals surface area contributed by atoms with Gasteiger partial charge in [0.25, 0.3) is 0 Å². The number of methoxy groups -OCH3 is 1. The van der Waals surface area contributed by atoms with Gasteiger partial charge in [0.05, 0.1) is 7.11 Å². The van der Waals surface area contributed by atoms with Gasteiger partial charge in [0.15, 0.2) is 22.6 Å². The average Bonchev–Trinajstić information content (AvgIpc) is 3.67. The predicted molar refractivity (Wildman–Crippen MR) is 142 cm³/mol. The van der Waals surface area contributed by atoms with E-state index in [-0.39, 0.29) is 11.8 Å². The van der Waals surface area contributed by atoms with Gasteiger partial charge in [0.1, 0.15) is 5.78 Å². The molecule has 1 aliphatic heterocycles. The number of Topliss-reactive ketones (excluding diaryl/α,β-unsaturated/α-hetero) is 1. The van der Waals surface area contributed by atoms with Crippen LogP contribution in [-0.2, 0) is 16.0 Å². The molecule has 0 unspecified atom stereocenters. The molecule has 0 radical (unpaired) electrons. The molecule has 1 aliphatic carbocycles. The number of rotatable bonds is 9. The first-order valence-electron chi connectivity index (χ1n) is 12.4. The van der Waals surface area contributed by atoms with E-state index in [2.05, 4.69) is 20.4 Å². The van der Waals surface area contributed by atoms with E-state index in [1.807, 2.05) is 42.2 Å². The monoisotopic (exact) mass is 521 g/mol. The lowest BCUT2D eigenvalue weighted by atomic mass is 10.1. The van der Waals surface area contributed by atoms with E-state index in [0.717, 1.165) is 29.0 Å². The number of aryl methyl sites for hydroxylation is 1. The van der Waals surface area contributed by atoms with Crippen LogP contribution in [-0.4, -0.2) is 70.0 Å². The summed E-state index contributed by atoms with van der Waals surface area (Å²) in [5, 5.41) is 11.0. The van der Waals surface area contributed by atoms with E-state index in [0.29, 0.717) is 66.7 Å². The molecule has 0 spiro atoms. The van der Waals surface area contributed by atoms with Gasteiger partial charge >= 0.3 is 0 Å². The highest BCUT2D eigenvalue weighted by molar-refractivity contribution is 7.99. The number of ketones is 1. The number of carbonyl (C=O) groups excluding carboxylic acids is 2. The van der Waals surface area contributed by atoms with Crippen LogP contribution < -0.4 is 15.0 Å². The van der Waals surface area contributed by atoms with E-state index < -0.39 is 0 Å². The van der Waals surface area contributed by atoms with E-state index in [1.54, 1.807) is 14.0 Å². The van der Waals surface area contributed by atoms with E-state index in [1.165, 1.54) is 11.8 Å². The van der Waals surface area contributed by atoms with Crippen LogP contribution in [0.4, 0.5) is 17.5 Å². The fourth-order valence-electron chi connectivity index (χ4n) is 4.32. The van der Waals surface area contributed by atoms with Gasteiger partial charge in [-0.1, -0.05) is 12.1 Å². The molecule has 11 heteroatoms. The summed E-state index contributed by atoms with van der Waals surface area (Å²) in [5.74, 6) is 3.01. The van der Waals surface area contributed by atoms with Gasteiger partial charge in [-0.05, 0) is 49.2 Å². The molecule has 5 rings (SSSR count). The summed E-state index contributed by atoms with van der Waals surface area (Å²) in [4.78, 5) is 38.5. The Balaban J connectivity index is 1.41. The lowest BCUT2D eigenvalue weighted by Gasteiger charge is -2.35. The second-order valence-electron chi connectivity index (χ2n) is 9.43. The molecule has 3 heterocycles. The third kappa shape index (κ3) is 6.04. The highest BCUT2D eigenvalue weighted by Crippen LogP contribution is 2.38. The summed E-state index contributed by atoms with van der Waals surface area (Å²) in [6.07, 6.45) is 2.55. The normalized spacial score (nSPS) is 15.5. The number of nitrogens with zero attached hydrogens (tertiary/aromatic N) is 5. The van der Waals surface area contributed by atoms with Crippen LogP contribution in [0.15, 0.2) is 40.4 Å². The number of amides is 1. The van der Waals surface area contributed by atoms with Gasteiger partial charge in [-0.25, -0.2) is 9.97 Å². The van der Waals surface area contributed by atoms with Gasteiger partial charge in [-0.15, -0.1) is 0 Å². The largest absolute Gasteiger partial charge is 0.490 e. The molecule has 2 aliphatic rings. The molecule has 2 aromatic heterocycles. The highest BCUT2D eigenvalue weighted by Gasteiger charge is 2.29. The Bertz CT molecular complexity index is 1280. The number of anilines is 3. The molecular weight excluding hydrogens is 490 g/mol. The van der Waals surface area contributed by atoms with Crippen molar-refractivity contribution in [2.75, 3.05) is 43.5 Å². The SMILES string of the molecule is COc1c(Nc2cc(C)[nH]n2)nc(Sc2ccc(CC(=O)C3CC3)cc2)nc1N1CCN(C(C)=O)CC1. The van der Waals surface area contributed by atoms with Crippen molar-refractivity contribution in [1.29, 1.82) is 0 Å². The lowest BCUT2D eigenvalue weighted by Crippen LogP contribution is -2.48. The van der Waals surface area contributed by atoms with Crippen LogP contribution in [0.1, 0.15) is 31.0 Å². The number of benzene rings is 1. The summed E-state index contributed by atoms with van der Waals surface area (Å²) in [7, 11) is 1.60. The first-order chi connectivity index (χ1) is 17.9. The van der Waals surface area contributed by atoms with Crippen molar-refractivity contribution in [3.8, 4) is 5.75 Å². The Hall–Kier alpha value is -3.60. The number of carbonyl (C=O) groups is 2. The zero-order chi connectivity index (χ0) is 25.9. The molecule has 0 atom stereocenters. The van der Waals surface area contributed by atoms with Crippen molar-refractivity contribution in [3.05, 3.63) is 41.6 Å². The summed E-state index contributed by atoms with van der Waals surface area (Å²) >= 11 is 1.44. The number of piperazine rings is 1. The first kappa shape index (κ1) is 25.1. The fraction of sp³-hybridized carbons (Fsp3) is 0.423. The molecule has 1 aromatic carbocycles. The number of ether oxygens (including phenoxy) is 1. The molecule has 2 N–H and O–H groups in total. The number of hydrogen-bond donors (Lipinski definition) is 2. The van der Waals surface area contributed by atoms with E-state index >= 15 is 0 Å². The summed E-state index contributed by atoms with van der Waals surface area (Å²) in [6, 6.07) is 9.90. The van der Waals surface area contributed by atoms with E-state index in [9.17, 15) is 9.59 Å². The van der Waals surface area contributed by atoms with Crippen LogP contribution in [0.3, 0.4) is 0 Å². The van der Waals surface area contributed by atoms with Crippen molar-refractivity contribution < 1.29 is 14.3 Å². The fourth-order valence-corrected chi connectivity index (χ4v) is 5.07. The van der Waals surface area contributed by atoms with Crippen molar-refractivity contribution in [2.24, 2.45) is 5.92 Å². The summed E-state index contributed by atoms with van der Waals surface area (Å²) in [5.41, 5.74) is 1.95. The van der Waals surface area contributed by atoms with Crippen LogP contribution in [0.5, 0.6) is 5.75 Å². The molecule has 3 aromatic rings. The minimum Gasteiger partial charge on any atom is -0.490 e. The van der Waals surface area contributed by atoms with Crippen LogP contribution in [0.2, 0.25) is 0 Å². The predicted octanol–water partition coefficient (Wildman–Crippen LogP) is 3.60. The van der Waals surface area contributed by atoms with Crippen LogP contribution in [0.25, 0.3) is 0 Å². The molecule has 37 heavy (non-hydrogen) atoms. The molecule has 1 saturated heterocycles. The molecule has 0 bridgehead atoms. The third-order valence-electron chi connectivity index (χ3n) is 6.55. The second kappa shape index (κ2) is 10.8. The highest BCUT2D eigenvalue weighted by atomic mass is 32.2. The van der Waals surface area contributed by atoms with Crippen molar-refractivity contribution in [3.63, 3.8) is 0 Å². The van der Waals surface area contributed by atoms with Gasteiger partial charge < -0.3 is 19.9 Å². The third-order valence-corrected chi connectivity index (χ3v) is 7.42. The topological polar surface area (TPSA) is 116 Å². The first-order valence-corrected chi connectivity index (χ1v) is 13.3. The average molecular weight is 522 g/mol. The van der Waals surface area contributed by atoms with Gasteiger partial charge in [0.2, 0.25) is 11.7 Å². The zero-order valence-corrected chi connectivity index (χ0v) is 22.1. The Kier molecular flexibility index (Phi) is 7.31. The van der Waals surface area contributed by atoms with Crippen LogP contribution >= 0.6 is 11.8 Å². The van der Waals surface area contributed by atoms with Gasteiger partial charge in [-0.3, -0.25) is 14.7 Å². The van der Waals surface area contributed by atoms with Crippen molar-refractivity contribution in [2.45, 2.75) is 43.2 Å². The smallest absolute Gasteiger partial charge is 0.219 e. The molecular formula is C26H31N7O3S. The molecule has 10 nitrogen and oxygen atoms in total. The number of hydrogen-bond acceptors (Lipinski definition) is 9. The number of aromatic nitrogens is 4. The molecule has 2 fully saturated rings. The molecule has 194 valence electrons. The molecule has 1 saturated carbocycles. The minimum absolute atomic E-state index is 0.0732. The number of nitrogens with one attached hydrogen (secondary N) is 2. The second-order valence-corrected chi connectivity index (χ2v) is 10.5. The number of H-pyrrole nitrogens is 1. The maximum atomic E-state index is 12.2. The Morgan fingerprint density at radius 3 is 2.46 bits per heavy atom. The maximum Gasteiger partial charge on any atom is 0.219 e. The Morgan fingerprint density at radius 2 is 1.86 bits per heavy atom. The maximum absolute atomic E-state index is 12.2. The number of aromatic amines is 1. The quantitative estimate of drug-likeness (QED) is 0.407. The lowest BCUT2D eigenvalue weighted by molar-refractivity contribution is -0.129. The Morgan fingerprint density at radius 1 is 1.14 bits per heavy atom. The summed E-state index contributed by atoms with van der Waals surface area (Å²) < 4.78 is 5.78. The van der Waals surface area contributed by atoms with Crippen molar-refractivity contribution in [1.82, 2.24) is 25.1 Å². The molecule has 1 amide bonds. The minimum atomic E-state index is 0.0732. The Labute approximate surface area is 220 Å². The summed E-state index contributed by atoms with van der Waals surface area (Å²) in [6.45, 7) is 6.04. The standard InChI is InChI=1S/C26H31N7O3S/c1-16-14-22(31-30-16)27-24-23(36-3)25(33-12-10-32(11-13-33)17(2)34)29-26(28-24)37-20-8-4-18(5-9-20)15-21(35)19-6-7-19/h4-5,8-9,14,19H,6-7,10-13,15H2,1-3H3,(H2,27,28,29,30,31).